The summed E-state index contributed by atoms with van der Waals surface area (Å²) >= 11 is 0. The van der Waals surface area contributed by atoms with E-state index in [1.807, 2.05) is 20.8 Å². The minimum Gasteiger partial charge on any atom is -0.443 e. The fourth-order valence-electron chi connectivity index (χ4n) is 1.66. The minimum absolute atomic E-state index is 0.415. The summed E-state index contributed by atoms with van der Waals surface area (Å²) in [5, 5.41) is 3.31. The smallest absolute Gasteiger partial charge is 0.422 e. The molecule has 1 heterocycles. The summed E-state index contributed by atoms with van der Waals surface area (Å²) in [6, 6.07) is 0. The number of hydrazine groups is 1. The van der Waals surface area contributed by atoms with Crippen LogP contribution in [0, 0.1) is 5.92 Å². The van der Waals surface area contributed by atoms with Crippen LogP contribution in [-0.2, 0) is 4.74 Å². The molecule has 1 amide bonds. The van der Waals surface area contributed by atoms with Gasteiger partial charge in [0, 0.05) is 6.54 Å². The highest BCUT2D eigenvalue weighted by molar-refractivity contribution is 5.66. The van der Waals surface area contributed by atoms with Crippen LogP contribution in [0.4, 0.5) is 4.79 Å². The molecule has 1 aliphatic rings. The first-order valence-corrected chi connectivity index (χ1v) is 5.90. The van der Waals surface area contributed by atoms with E-state index in [1.165, 1.54) is 0 Å². The summed E-state index contributed by atoms with van der Waals surface area (Å²) in [6.45, 7) is 8.48. The van der Waals surface area contributed by atoms with Crippen molar-refractivity contribution in [1.82, 2.24) is 16.2 Å². The molecule has 5 heteroatoms. The molecule has 0 unspecified atom stereocenters. The average Bonchev–Trinajstić information content (AvgIpc) is 2.16. The van der Waals surface area contributed by atoms with Crippen LogP contribution >= 0.6 is 0 Å². The molecular formula is C11H23N3O2. The van der Waals surface area contributed by atoms with E-state index in [1.54, 1.807) is 0 Å². The second-order valence-electron chi connectivity index (χ2n) is 5.20. The summed E-state index contributed by atoms with van der Waals surface area (Å²) in [5.74, 6) is 0.635. The molecule has 0 aromatic rings. The first kappa shape index (κ1) is 13.3. The molecule has 0 aliphatic carbocycles. The number of carbonyl (C=O) groups is 1. The molecule has 0 aromatic heterocycles. The van der Waals surface area contributed by atoms with E-state index in [9.17, 15) is 4.79 Å². The molecule has 0 saturated carbocycles. The molecule has 1 saturated heterocycles. The molecule has 0 spiro atoms. The van der Waals surface area contributed by atoms with Gasteiger partial charge in [0.25, 0.3) is 0 Å². The summed E-state index contributed by atoms with van der Waals surface area (Å²) < 4.78 is 5.10. The van der Waals surface area contributed by atoms with Crippen molar-refractivity contribution in [2.75, 3.05) is 19.6 Å². The van der Waals surface area contributed by atoms with Gasteiger partial charge in [-0.15, -0.1) is 0 Å². The number of piperidine rings is 1. The lowest BCUT2D eigenvalue weighted by Gasteiger charge is -2.24. The summed E-state index contributed by atoms with van der Waals surface area (Å²) in [7, 11) is 0. The number of amides is 1. The number of rotatable bonds is 3. The van der Waals surface area contributed by atoms with E-state index in [4.69, 9.17) is 4.74 Å². The normalized spacial score (nSPS) is 18.2. The molecule has 1 aliphatic heterocycles. The van der Waals surface area contributed by atoms with Crippen molar-refractivity contribution in [2.24, 2.45) is 5.92 Å². The van der Waals surface area contributed by atoms with Crippen LogP contribution in [-0.4, -0.2) is 31.3 Å². The quantitative estimate of drug-likeness (QED) is 0.632. The van der Waals surface area contributed by atoms with Crippen LogP contribution in [0.25, 0.3) is 0 Å². The second kappa shape index (κ2) is 6.06. The topological polar surface area (TPSA) is 62.4 Å². The van der Waals surface area contributed by atoms with Crippen molar-refractivity contribution in [3.63, 3.8) is 0 Å². The van der Waals surface area contributed by atoms with Gasteiger partial charge in [0.2, 0.25) is 0 Å². The van der Waals surface area contributed by atoms with Crippen LogP contribution in [0.5, 0.6) is 0 Å². The molecular weight excluding hydrogens is 206 g/mol. The third-order valence-electron chi connectivity index (χ3n) is 2.44. The van der Waals surface area contributed by atoms with Crippen LogP contribution < -0.4 is 16.2 Å². The van der Waals surface area contributed by atoms with Gasteiger partial charge < -0.3 is 10.1 Å². The predicted octanol–water partition coefficient (Wildman–Crippen LogP) is 1.02. The van der Waals surface area contributed by atoms with Crippen LogP contribution in [0.15, 0.2) is 0 Å². The zero-order valence-electron chi connectivity index (χ0n) is 10.4. The van der Waals surface area contributed by atoms with Crippen molar-refractivity contribution < 1.29 is 9.53 Å². The Bertz CT molecular complexity index is 220. The van der Waals surface area contributed by atoms with Crippen molar-refractivity contribution in [1.29, 1.82) is 0 Å². The van der Waals surface area contributed by atoms with Gasteiger partial charge in [-0.25, -0.2) is 10.2 Å². The number of hydrogen-bond acceptors (Lipinski definition) is 4. The Hall–Kier alpha value is -0.810. The summed E-state index contributed by atoms with van der Waals surface area (Å²) in [4.78, 5) is 11.3. The maximum absolute atomic E-state index is 11.3. The first-order valence-electron chi connectivity index (χ1n) is 5.90. The molecule has 3 N–H and O–H groups in total. The van der Waals surface area contributed by atoms with Gasteiger partial charge in [-0.3, -0.25) is 5.43 Å². The van der Waals surface area contributed by atoms with Gasteiger partial charge in [0.15, 0.2) is 0 Å². The molecule has 0 bridgehead atoms. The third kappa shape index (κ3) is 5.92. The van der Waals surface area contributed by atoms with Crippen molar-refractivity contribution in [2.45, 2.75) is 39.2 Å². The van der Waals surface area contributed by atoms with Gasteiger partial charge in [-0.2, -0.15) is 0 Å². The Morgan fingerprint density at radius 2 is 2.00 bits per heavy atom. The predicted molar refractivity (Wildman–Crippen MR) is 63.0 cm³/mol. The molecule has 0 atom stereocenters. The summed E-state index contributed by atoms with van der Waals surface area (Å²) in [5.41, 5.74) is 5.04. The average molecular weight is 229 g/mol. The zero-order valence-corrected chi connectivity index (χ0v) is 10.4. The van der Waals surface area contributed by atoms with Crippen molar-refractivity contribution >= 4 is 6.09 Å². The van der Waals surface area contributed by atoms with E-state index in [2.05, 4.69) is 16.2 Å². The number of nitrogens with one attached hydrogen (secondary N) is 3. The lowest BCUT2D eigenvalue weighted by molar-refractivity contribution is 0.0494. The SMILES string of the molecule is CC(C)(C)OC(=O)NNCC1CCNCC1. The summed E-state index contributed by atoms with van der Waals surface area (Å²) in [6.07, 6.45) is 1.90. The number of hydrogen-bond donors (Lipinski definition) is 3. The van der Waals surface area contributed by atoms with E-state index < -0.39 is 11.7 Å². The molecule has 0 radical (unpaired) electrons. The largest absolute Gasteiger partial charge is 0.443 e. The number of carbonyl (C=O) groups excluding carboxylic acids is 1. The standard InChI is InChI=1S/C11H23N3O2/c1-11(2,3)16-10(15)14-13-8-9-4-6-12-7-5-9/h9,12-13H,4-8H2,1-3H3,(H,14,15). The Kier molecular flexibility index (Phi) is 5.02. The van der Waals surface area contributed by atoms with Crippen molar-refractivity contribution in [3.05, 3.63) is 0 Å². The Labute approximate surface area is 97.3 Å². The van der Waals surface area contributed by atoms with Gasteiger partial charge in [0.05, 0.1) is 0 Å². The maximum atomic E-state index is 11.3. The fourth-order valence-corrected chi connectivity index (χ4v) is 1.66. The van der Waals surface area contributed by atoms with Gasteiger partial charge in [0.1, 0.15) is 5.60 Å². The molecule has 5 nitrogen and oxygen atoms in total. The fraction of sp³-hybridized carbons (Fsp3) is 0.909. The highest BCUT2D eigenvalue weighted by atomic mass is 16.6. The van der Waals surface area contributed by atoms with E-state index in [0.29, 0.717) is 5.92 Å². The molecule has 94 valence electrons. The van der Waals surface area contributed by atoms with Gasteiger partial charge >= 0.3 is 6.09 Å². The molecule has 0 aromatic carbocycles. The lowest BCUT2D eigenvalue weighted by Crippen LogP contribution is -2.44. The Morgan fingerprint density at radius 1 is 1.38 bits per heavy atom. The monoisotopic (exact) mass is 229 g/mol. The number of ether oxygens (including phenoxy) is 1. The molecule has 1 fully saturated rings. The first-order chi connectivity index (χ1) is 7.47. The second-order valence-corrected chi connectivity index (χ2v) is 5.20. The minimum atomic E-state index is -0.444. The zero-order chi connectivity index (χ0) is 12.0. The third-order valence-corrected chi connectivity index (χ3v) is 2.44. The van der Waals surface area contributed by atoms with E-state index >= 15 is 0 Å². The Balaban J connectivity index is 2.08. The van der Waals surface area contributed by atoms with Gasteiger partial charge in [-0.05, 0) is 52.6 Å². The Morgan fingerprint density at radius 3 is 2.56 bits per heavy atom. The van der Waals surface area contributed by atoms with Crippen molar-refractivity contribution in [3.8, 4) is 0 Å². The lowest BCUT2D eigenvalue weighted by atomic mass is 9.99. The van der Waals surface area contributed by atoms with Crippen LogP contribution in [0.3, 0.4) is 0 Å². The maximum Gasteiger partial charge on any atom is 0.422 e. The molecule has 1 rings (SSSR count). The van der Waals surface area contributed by atoms with Crippen LogP contribution in [0.1, 0.15) is 33.6 Å². The highest BCUT2D eigenvalue weighted by Crippen LogP contribution is 2.09. The van der Waals surface area contributed by atoms with Crippen LogP contribution in [0.2, 0.25) is 0 Å². The van der Waals surface area contributed by atoms with E-state index in [0.717, 1.165) is 32.5 Å². The highest BCUT2D eigenvalue weighted by Gasteiger charge is 2.16. The van der Waals surface area contributed by atoms with E-state index in [-0.39, 0.29) is 0 Å². The molecule has 16 heavy (non-hydrogen) atoms. The van der Waals surface area contributed by atoms with Gasteiger partial charge in [-0.1, -0.05) is 0 Å².